The number of ether oxygens (including phenoxy) is 1. The van der Waals surface area contributed by atoms with Crippen molar-refractivity contribution in [3.05, 3.63) is 23.2 Å². The van der Waals surface area contributed by atoms with Crippen LogP contribution in [0, 0.1) is 6.92 Å². The Kier molecular flexibility index (Phi) is 3.49. The molecule has 5 heteroatoms. The van der Waals surface area contributed by atoms with Gasteiger partial charge in [0.05, 0.1) is 6.10 Å². The number of carboxylic acids is 1. The first kappa shape index (κ1) is 12.1. The summed E-state index contributed by atoms with van der Waals surface area (Å²) in [6.45, 7) is 4.39. The van der Waals surface area contributed by atoms with Crippen LogP contribution < -0.4 is 0 Å². The van der Waals surface area contributed by atoms with E-state index in [1.807, 2.05) is 0 Å². The van der Waals surface area contributed by atoms with E-state index in [0.29, 0.717) is 11.9 Å². The molecule has 94 valence electrons. The molecular formula is C12H17NO4. The largest absolute Gasteiger partial charge is 0.475 e. The lowest BCUT2D eigenvalue weighted by Crippen LogP contribution is -2.22. The predicted molar refractivity (Wildman–Crippen MR) is 61.1 cm³/mol. The first-order valence-electron chi connectivity index (χ1n) is 5.68. The summed E-state index contributed by atoms with van der Waals surface area (Å²) in [5, 5.41) is 8.84. The lowest BCUT2D eigenvalue weighted by molar-refractivity contribution is 0.0661. The van der Waals surface area contributed by atoms with Gasteiger partial charge in [0.1, 0.15) is 5.76 Å². The Hall–Kier alpha value is -1.33. The van der Waals surface area contributed by atoms with Gasteiger partial charge in [0.15, 0.2) is 0 Å². The Morgan fingerprint density at radius 1 is 1.71 bits per heavy atom. The minimum absolute atomic E-state index is 0.0139. The number of hydrogen-bond donors (Lipinski definition) is 1. The van der Waals surface area contributed by atoms with E-state index in [4.69, 9.17) is 14.3 Å². The van der Waals surface area contributed by atoms with Crippen LogP contribution in [0.25, 0.3) is 0 Å². The second-order valence-corrected chi connectivity index (χ2v) is 4.38. The van der Waals surface area contributed by atoms with Crippen LogP contribution in [0.5, 0.6) is 0 Å². The molecule has 0 aromatic carbocycles. The molecule has 1 aliphatic rings. The second kappa shape index (κ2) is 4.89. The van der Waals surface area contributed by atoms with Crippen LogP contribution >= 0.6 is 0 Å². The molecule has 5 nitrogen and oxygen atoms in total. The fraction of sp³-hybridized carbons (Fsp3) is 0.583. The van der Waals surface area contributed by atoms with E-state index in [0.717, 1.165) is 31.6 Å². The molecule has 1 fully saturated rings. The van der Waals surface area contributed by atoms with Crippen LogP contribution in [-0.2, 0) is 11.3 Å². The first-order chi connectivity index (χ1) is 8.10. The summed E-state index contributed by atoms with van der Waals surface area (Å²) in [4.78, 5) is 13.0. The number of methoxy groups -OCH3 is 1. The van der Waals surface area contributed by atoms with E-state index < -0.39 is 5.97 Å². The number of furan rings is 1. The van der Waals surface area contributed by atoms with Crippen molar-refractivity contribution < 1.29 is 19.1 Å². The molecule has 1 N–H and O–H groups in total. The molecular weight excluding hydrogens is 222 g/mol. The number of likely N-dealkylation sites (tertiary alicyclic amines) is 1. The number of carbonyl (C=O) groups is 1. The number of rotatable bonds is 4. The Morgan fingerprint density at radius 2 is 2.47 bits per heavy atom. The standard InChI is InChI=1S/C12H17NO4/c1-8-9(5-11(17-8)12(14)15)6-13-4-3-10(7-13)16-2/h5,10H,3-4,6-7H2,1-2H3,(H,14,15). The fourth-order valence-corrected chi connectivity index (χ4v) is 2.16. The van der Waals surface area contributed by atoms with Crippen LogP contribution in [0.1, 0.15) is 28.3 Å². The van der Waals surface area contributed by atoms with Gasteiger partial charge in [0, 0.05) is 32.3 Å². The lowest BCUT2D eigenvalue weighted by Gasteiger charge is -2.14. The van der Waals surface area contributed by atoms with Crippen molar-refractivity contribution in [1.82, 2.24) is 4.90 Å². The number of hydrogen-bond acceptors (Lipinski definition) is 4. The highest BCUT2D eigenvalue weighted by Crippen LogP contribution is 2.20. The van der Waals surface area contributed by atoms with Crippen molar-refractivity contribution >= 4 is 5.97 Å². The van der Waals surface area contributed by atoms with E-state index in [1.54, 1.807) is 20.1 Å². The van der Waals surface area contributed by atoms with Gasteiger partial charge >= 0.3 is 5.97 Å². The molecule has 0 aliphatic carbocycles. The average Bonchev–Trinajstić information content (AvgIpc) is 2.87. The maximum absolute atomic E-state index is 10.8. The minimum atomic E-state index is -1.02. The van der Waals surface area contributed by atoms with Gasteiger partial charge in [0.2, 0.25) is 5.76 Å². The molecule has 1 aromatic heterocycles. The van der Waals surface area contributed by atoms with Crippen molar-refractivity contribution in [3.8, 4) is 0 Å². The smallest absolute Gasteiger partial charge is 0.371 e. The van der Waals surface area contributed by atoms with Crippen LogP contribution in [0.4, 0.5) is 0 Å². The van der Waals surface area contributed by atoms with Gasteiger partial charge in [-0.3, -0.25) is 4.90 Å². The summed E-state index contributed by atoms with van der Waals surface area (Å²) in [5.74, 6) is -0.321. The normalized spacial score (nSPS) is 20.9. The number of aromatic carboxylic acids is 1. The van der Waals surface area contributed by atoms with E-state index in [9.17, 15) is 4.79 Å². The molecule has 1 aromatic rings. The maximum Gasteiger partial charge on any atom is 0.371 e. The Balaban J connectivity index is 2.01. The summed E-state index contributed by atoms with van der Waals surface area (Å²) < 4.78 is 10.5. The molecule has 0 radical (unpaired) electrons. The summed E-state index contributed by atoms with van der Waals surface area (Å²) in [6, 6.07) is 1.61. The summed E-state index contributed by atoms with van der Waals surface area (Å²) in [7, 11) is 1.72. The van der Waals surface area contributed by atoms with Crippen molar-refractivity contribution in [1.29, 1.82) is 0 Å². The Labute approximate surface area is 100.0 Å². The zero-order valence-corrected chi connectivity index (χ0v) is 10.1. The third-order valence-corrected chi connectivity index (χ3v) is 3.19. The summed E-state index contributed by atoms with van der Waals surface area (Å²) in [6.07, 6.45) is 1.32. The van der Waals surface area contributed by atoms with Gasteiger partial charge in [-0.05, 0) is 19.4 Å². The molecule has 1 unspecified atom stereocenters. The first-order valence-corrected chi connectivity index (χ1v) is 5.68. The highest BCUT2D eigenvalue weighted by molar-refractivity contribution is 5.84. The van der Waals surface area contributed by atoms with Crippen LogP contribution in [-0.4, -0.2) is 42.3 Å². The quantitative estimate of drug-likeness (QED) is 0.862. The van der Waals surface area contributed by atoms with Crippen LogP contribution in [0.2, 0.25) is 0 Å². The van der Waals surface area contributed by atoms with Gasteiger partial charge < -0.3 is 14.3 Å². The monoisotopic (exact) mass is 239 g/mol. The molecule has 1 atom stereocenters. The Morgan fingerprint density at radius 3 is 3.00 bits per heavy atom. The van der Waals surface area contributed by atoms with Crippen molar-refractivity contribution in [3.63, 3.8) is 0 Å². The van der Waals surface area contributed by atoms with Crippen molar-refractivity contribution in [2.75, 3.05) is 20.2 Å². The molecule has 2 rings (SSSR count). The third-order valence-electron chi connectivity index (χ3n) is 3.19. The zero-order chi connectivity index (χ0) is 12.4. The number of carboxylic acid groups (broad SMARTS) is 1. The molecule has 0 bridgehead atoms. The number of nitrogens with zero attached hydrogens (tertiary/aromatic N) is 1. The minimum Gasteiger partial charge on any atom is -0.475 e. The van der Waals surface area contributed by atoms with E-state index in [1.165, 1.54) is 0 Å². The SMILES string of the molecule is COC1CCN(Cc2cc(C(=O)O)oc2C)C1. The summed E-state index contributed by atoms with van der Waals surface area (Å²) >= 11 is 0. The van der Waals surface area contributed by atoms with Crippen molar-refractivity contribution in [2.45, 2.75) is 26.0 Å². The van der Waals surface area contributed by atoms with Gasteiger partial charge in [-0.1, -0.05) is 0 Å². The van der Waals surface area contributed by atoms with Gasteiger partial charge in [-0.2, -0.15) is 0 Å². The highest BCUT2D eigenvalue weighted by Gasteiger charge is 2.23. The topological polar surface area (TPSA) is 62.9 Å². The zero-order valence-electron chi connectivity index (χ0n) is 10.1. The molecule has 1 saturated heterocycles. The molecule has 1 aliphatic heterocycles. The van der Waals surface area contributed by atoms with Gasteiger partial charge in [0.25, 0.3) is 0 Å². The second-order valence-electron chi connectivity index (χ2n) is 4.38. The molecule has 0 amide bonds. The summed E-state index contributed by atoms with van der Waals surface area (Å²) in [5.41, 5.74) is 0.944. The average molecular weight is 239 g/mol. The third kappa shape index (κ3) is 2.68. The fourth-order valence-electron chi connectivity index (χ4n) is 2.16. The van der Waals surface area contributed by atoms with E-state index in [2.05, 4.69) is 4.90 Å². The van der Waals surface area contributed by atoms with Crippen LogP contribution in [0.3, 0.4) is 0 Å². The maximum atomic E-state index is 10.8. The van der Waals surface area contributed by atoms with Gasteiger partial charge in [-0.15, -0.1) is 0 Å². The van der Waals surface area contributed by atoms with Gasteiger partial charge in [-0.25, -0.2) is 4.79 Å². The molecule has 2 heterocycles. The predicted octanol–water partition coefficient (Wildman–Crippen LogP) is 1.51. The molecule has 0 spiro atoms. The van der Waals surface area contributed by atoms with E-state index >= 15 is 0 Å². The Bertz CT molecular complexity index is 413. The molecule has 0 saturated carbocycles. The number of aryl methyl sites for hydroxylation is 1. The van der Waals surface area contributed by atoms with Crippen molar-refractivity contribution in [2.24, 2.45) is 0 Å². The molecule has 17 heavy (non-hydrogen) atoms. The highest BCUT2D eigenvalue weighted by atomic mass is 16.5. The van der Waals surface area contributed by atoms with E-state index in [-0.39, 0.29) is 5.76 Å². The van der Waals surface area contributed by atoms with Crippen LogP contribution in [0.15, 0.2) is 10.5 Å². The lowest BCUT2D eigenvalue weighted by atomic mass is 10.2.